The van der Waals surface area contributed by atoms with E-state index in [2.05, 4.69) is 56.7 Å². The van der Waals surface area contributed by atoms with Crippen LogP contribution in [-0.2, 0) is 17.6 Å². The van der Waals surface area contributed by atoms with Crippen molar-refractivity contribution in [2.24, 2.45) is 0 Å². The molecule has 1 atom stereocenters. The van der Waals surface area contributed by atoms with Gasteiger partial charge in [0.05, 0.1) is 16.7 Å². The highest BCUT2D eigenvalue weighted by Crippen LogP contribution is 2.41. The largest absolute Gasteiger partial charge is 0.349 e. The molecule has 156 valence electrons. The summed E-state index contributed by atoms with van der Waals surface area (Å²) in [5, 5.41) is 14.9. The van der Waals surface area contributed by atoms with Gasteiger partial charge in [-0.05, 0) is 73.6 Å². The number of nitrogens with zero attached hydrogens (tertiary/aromatic N) is 3. The number of fused-ring (bicyclic) bond motifs is 1. The zero-order valence-electron chi connectivity index (χ0n) is 17.1. The molecule has 0 bridgehead atoms. The van der Waals surface area contributed by atoms with Crippen LogP contribution in [-0.4, -0.2) is 26.4 Å². The number of thiophene rings is 1. The van der Waals surface area contributed by atoms with Crippen LogP contribution in [0.1, 0.15) is 61.4 Å². The summed E-state index contributed by atoms with van der Waals surface area (Å²) < 4.78 is 2.22. The van der Waals surface area contributed by atoms with Gasteiger partial charge in [0.2, 0.25) is 5.91 Å². The van der Waals surface area contributed by atoms with Gasteiger partial charge in [-0.25, -0.2) is 0 Å². The minimum Gasteiger partial charge on any atom is -0.349 e. The molecule has 5 nitrogen and oxygen atoms in total. The summed E-state index contributed by atoms with van der Waals surface area (Å²) in [6.07, 6.45) is 7.21. The number of hydrogen-bond donors (Lipinski definition) is 1. The number of aryl methyl sites for hydroxylation is 2. The minimum absolute atomic E-state index is 0.00769. The predicted molar refractivity (Wildman–Crippen MR) is 122 cm³/mol. The van der Waals surface area contributed by atoms with Crippen molar-refractivity contribution in [1.29, 1.82) is 0 Å². The first-order valence-corrected chi connectivity index (χ1v) is 12.6. The van der Waals surface area contributed by atoms with Gasteiger partial charge in [-0.1, -0.05) is 36.0 Å². The Balaban J connectivity index is 1.23. The lowest BCUT2D eigenvalue weighted by molar-refractivity contribution is -0.119. The van der Waals surface area contributed by atoms with Gasteiger partial charge < -0.3 is 5.32 Å². The molecule has 0 unspecified atom stereocenters. The van der Waals surface area contributed by atoms with Gasteiger partial charge in [0.25, 0.3) is 0 Å². The Morgan fingerprint density at radius 2 is 2.07 bits per heavy atom. The van der Waals surface area contributed by atoms with Crippen LogP contribution < -0.4 is 5.32 Å². The predicted octanol–water partition coefficient (Wildman–Crippen LogP) is 5.19. The molecule has 1 fully saturated rings. The van der Waals surface area contributed by atoms with Gasteiger partial charge in [0, 0.05) is 6.04 Å². The van der Waals surface area contributed by atoms with Crippen molar-refractivity contribution in [3.8, 4) is 10.7 Å². The first-order chi connectivity index (χ1) is 14.7. The maximum absolute atomic E-state index is 12.6. The Hall–Kier alpha value is -2.12. The highest BCUT2D eigenvalue weighted by Gasteiger charge is 2.30. The van der Waals surface area contributed by atoms with Gasteiger partial charge >= 0.3 is 0 Å². The number of aromatic nitrogens is 3. The zero-order chi connectivity index (χ0) is 20.5. The van der Waals surface area contributed by atoms with Gasteiger partial charge in [-0.3, -0.25) is 9.36 Å². The molecule has 0 radical (unpaired) electrons. The van der Waals surface area contributed by atoms with Crippen molar-refractivity contribution in [2.75, 3.05) is 5.75 Å². The summed E-state index contributed by atoms with van der Waals surface area (Å²) in [5.41, 5.74) is 4.11. The fourth-order valence-electron chi connectivity index (χ4n) is 4.13. The Morgan fingerprint density at radius 1 is 1.23 bits per heavy atom. The molecule has 2 heterocycles. The Labute approximate surface area is 185 Å². The third-order valence-corrected chi connectivity index (χ3v) is 7.71. The molecule has 2 aromatic heterocycles. The van der Waals surface area contributed by atoms with Crippen molar-refractivity contribution in [3.63, 3.8) is 0 Å². The van der Waals surface area contributed by atoms with E-state index in [-0.39, 0.29) is 11.9 Å². The van der Waals surface area contributed by atoms with E-state index in [0.29, 0.717) is 11.8 Å². The van der Waals surface area contributed by atoms with E-state index in [1.165, 1.54) is 47.7 Å². The summed E-state index contributed by atoms with van der Waals surface area (Å²) in [6, 6.07) is 11.3. The number of carbonyl (C=O) groups is 1. The lowest BCUT2D eigenvalue weighted by atomic mass is 9.89. The second kappa shape index (κ2) is 8.55. The molecular formula is C23H26N4OS2. The average Bonchev–Trinajstić information content (AvgIpc) is 3.28. The molecule has 1 saturated carbocycles. The number of amides is 1. The smallest absolute Gasteiger partial charge is 0.230 e. The third kappa shape index (κ3) is 4.18. The number of rotatable bonds is 7. The molecule has 1 N–H and O–H groups in total. The fraction of sp³-hybridized carbons (Fsp3) is 0.435. The number of thioether (sulfide) groups is 1. The summed E-state index contributed by atoms with van der Waals surface area (Å²) in [4.78, 5) is 13.8. The molecule has 2 aliphatic rings. The molecule has 0 spiro atoms. The highest BCUT2D eigenvalue weighted by molar-refractivity contribution is 7.99. The van der Waals surface area contributed by atoms with Crippen LogP contribution in [0.15, 0.2) is 40.9 Å². The van der Waals surface area contributed by atoms with Crippen molar-refractivity contribution >= 4 is 29.0 Å². The van der Waals surface area contributed by atoms with Crippen LogP contribution in [0.25, 0.3) is 10.7 Å². The molecule has 2 aliphatic carbocycles. The van der Waals surface area contributed by atoms with Crippen molar-refractivity contribution in [2.45, 2.75) is 62.7 Å². The Kier molecular flexibility index (Phi) is 5.65. The fourth-order valence-corrected chi connectivity index (χ4v) is 5.65. The van der Waals surface area contributed by atoms with Crippen LogP contribution in [0.4, 0.5) is 0 Å². The summed E-state index contributed by atoms with van der Waals surface area (Å²) >= 11 is 3.16. The molecule has 3 aromatic rings. The molecule has 7 heteroatoms. The SMILES string of the molecule is C[C@H](NC(=O)CSc1nnc(-c2cccs2)n1C1CC1)c1ccc2c(c1)CCCC2. The first kappa shape index (κ1) is 19.8. The minimum atomic E-state index is 0.00769. The summed E-state index contributed by atoms with van der Waals surface area (Å²) in [7, 11) is 0. The monoisotopic (exact) mass is 438 g/mol. The van der Waals surface area contributed by atoms with Crippen molar-refractivity contribution in [3.05, 3.63) is 52.4 Å². The van der Waals surface area contributed by atoms with Gasteiger partial charge in [-0.2, -0.15) is 0 Å². The Morgan fingerprint density at radius 3 is 2.83 bits per heavy atom. The number of nitrogens with one attached hydrogen (secondary N) is 1. The molecule has 30 heavy (non-hydrogen) atoms. The van der Waals surface area contributed by atoms with E-state index < -0.39 is 0 Å². The van der Waals surface area contributed by atoms with Crippen molar-refractivity contribution in [1.82, 2.24) is 20.1 Å². The van der Waals surface area contributed by atoms with Gasteiger partial charge in [0.15, 0.2) is 11.0 Å². The number of hydrogen-bond acceptors (Lipinski definition) is 5. The number of benzene rings is 1. The number of carbonyl (C=O) groups excluding carboxylic acids is 1. The van der Waals surface area contributed by atoms with Crippen LogP contribution in [0.2, 0.25) is 0 Å². The lowest BCUT2D eigenvalue weighted by Gasteiger charge is -2.20. The topological polar surface area (TPSA) is 59.8 Å². The maximum atomic E-state index is 12.6. The molecule has 0 aliphatic heterocycles. The standard InChI is InChI=1S/C23H26N4OS2/c1-15(17-9-8-16-5-2-3-6-18(16)13-17)24-21(28)14-30-23-26-25-22(20-7-4-12-29-20)27(23)19-10-11-19/h4,7-9,12-13,15,19H,2-3,5-6,10-11,14H2,1H3,(H,24,28)/t15-/m0/s1. The molecule has 1 amide bonds. The van der Waals surface area contributed by atoms with E-state index in [9.17, 15) is 4.79 Å². The summed E-state index contributed by atoms with van der Waals surface area (Å²) in [6.45, 7) is 2.06. The van der Waals surface area contributed by atoms with E-state index >= 15 is 0 Å². The lowest BCUT2D eigenvalue weighted by Crippen LogP contribution is -2.28. The molecule has 1 aromatic carbocycles. The van der Waals surface area contributed by atoms with E-state index in [4.69, 9.17) is 0 Å². The van der Waals surface area contributed by atoms with Crippen LogP contribution >= 0.6 is 23.1 Å². The summed E-state index contributed by atoms with van der Waals surface area (Å²) in [5.74, 6) is 1.32. The molecule has 5 rings (SSSR count). The van der Waals surface area contributed by atoms with E-state index in [0.717, 1.165) is 35.1 Å². The van der Waals surface area contributed by atoms with E-state index in [1.807, 2.05) is 6.07 Å². The molecule has 0 saturated heterocycles. The van der Waals surface area contributed by atoms with Crippen LogP contribution in [0, 0.1) is 0 Å². The quantitative estimate of drug-likeness (QED) is 0.516. The average molecular weight is 439 g/mol. The zero-order valence-corrected chi connectivity index (χ0v) is 18.8. The normalized spacial score (nSPS) is 16.8. The van der Waals surface area contributed by atoms with Gasteiger partial charge in [0.1, 0.15) is 0 Å². The highest BCUT2D eigenvalue weighted by atomic mass is 32.2. The van der Waals surface area contributed by atoms with Gasteiger partial charge in [-0.15, -0.1) is 21.5 Å². The van der Waals surface area contributed by atoms with Crippen molar-refractivity contribution < 1.29 is 4.79 Å². The Bertz CT molecular complexity index is 1040. The second-order valence-electron chi connectivity index (χ2n) is 8.20. The first-order valence-electron chi connectivity index (χ1n) is 10.7. The second-order valence-corrected chi connectivity index (χ2v) is 10.1. The van der Waals surface area contributed by atoms with Crippen LogP contribution in [0.5, 0.6) is 0 Å². The maximum Gasteiger partial charge on any atom is 0.230 e. The van der Waals surface area contributed by atoms with E-state index in [1.54, 1.807) is 11.3 Å². The van der Waals surface area contributed by atoms with Crippen LogP contribution in [0.3, 0.4) is 0 Å². The molecular weight excluding hydrogens is 412 g/mol. The third-order valence-electron chi connectivity index (χ3n) is 5.90.